The maximum Gasteiger partial charge on any atom is 0.295 e. The van der Waals surface area contributed by atoms with Crippen LogP contribution < -0.4 is 16.2 Å². The predicted molar refractivity (Wildman–Crippen MR) is 102 cm³/mol. The molecule has 1 aromatic heterocycles. The number of thiocarbonyl (C=S) groups is 1. The molecule has 5 nitrogen and oxygen atoms in total. The number of benzene rings is 1. The van der Waals surface area contributed by atoms with Gasteiger partial charge in [0.25, 0.3) is 5.56 Å². The standard InChI is InChI=1S/C18H24N4OS/c1-13-16(20-18(24)19-14-9-5-3-6-10-14)17(23)22(21(13)2)15-11-7-4-8-12-15/h4,7-8,11-12,14H,3,5-6,9-10H2,1-2H3,(H2,19,20,24). The Morgan fingerprint density at radius 2 is 1.83 bits per heavy atom. The van der Waals surface area contributed by atoms with Crippen molar-refractivity contribution in [3.05, 3.63) is 46.4 Å². The van der Waals surface area contributed by atoms with Crippen LogP contribution in [0, 0.1) is 6.92 Å². The Balaban J connectivity index is 1.81. The van der Waals surface area contributed by atoms with E-state index < -0.39 is 0 Å². The van der Waals surface area contributed by atoms with Crippen LogP contribution in [0.5, 0.6) is 0 Å². The Labute approximate surface area is 147 Å². The van der Waals surface area contributed by atoms with Gasteiger partial charge in [-0.1, -0.05) is 37.5 Å². The van der Waals surface area contributed by atoms with E-state index in [0.29, 0.717) is 16.8 Å². The van der Waals surface area contributed by atoms with Gasteiger partial charge in [-0.15, -0.1) is 0 Å². The van der Waals surface area contributed by atoms with Crippen LogP contribution in [0.15, 0.2) is 35.1 Å². The molecule has 1 saturated carbocycles. The summed E-state index contributed by atoms with van der Waals surface area (Å²) < 4.78 is 3.50. The van der Waals surface area contributed by atoms with E-state index >= 15 is 0 Å². The van der Waals surface area contributed by atoms with Gasteiger partial charge in [-0.25, -0.2) is 4.68 Å². The molecule has 0 spiro atoms. The zero-order chi connectivity index (χ0) is 17.1. The lowest BCUT2D eigenvalue weighted by molar-refractivity contribution is 0.415. The van der Waals surface area contributed by atoms with Crippen molar-refractivity contribution in [2.45, 2.75) is 45.1 Å². The molecule has 0 amide bonds. The average Bonchev–Trinajstić information content (AvgIpc) is 2.80. The molecule has 1 heterocycles. The third-order valence-electron chi connectivity index (χ3n) is 4.73. The van der Waals surface area contributed by atoms with E-state index in [4.69, 9.17) is 12.2 Å². The zero-order valence-electron chi connectivity index (χ0n) is 14.2. The molecule has 0 unspecified atom stereocenters. The summed E-state index contributed by atoms with van der Waals surface area (Å²) in [6, 6.07) is 10.0. The molecule has 6 heteroatoms. The van der Waals surface area contributed by atoms with Crippen LogP contribution in [0.25, 0.3) is 5.69 Å². The Bertz CT molecular complexity index is 772. The Hall–Kier alpha value is -2.08. The second-order valence-corrected chi connectivity index (χ2v) is 6.78. The molecule has 1 aliphatic rings. The first-order chi connectivity index (χ1) is 11.6. The molecule has 128 valence electrons. The quantitative estimate of drug-likeness (QED) is 0.840. The monoisotopic (exact) mass is 344 g/mol. The van der Waals surface area contributed by atoms with Crippen molar-refractivity contribution in [1.82, 2.24) is 14.7 Å². The molecule has 0 bridgehead atoms. The van der Waals surface area contributed by atoms with Gasteiger partial charge >= 0.3 is 0 Å². The zero-order valence-corrected chi connectivity index (χ0v) is 15.0. The fourth-order valence-corrected chi connectivity index (χ4v) is 3.56. The first-order valence-corrected chi connectivity index (χ1v) is 8.90. The van der Waals surface area contributed by atoms with Gasteiger partial charge in [0.1, 0.15) is 5.69 Å². The number of hydrogen-bond donors (Lipinski definition) is 2. The minimum Gasteiger partial charge on any atom is -0.360 e. The van der Waals surface area contributed by atoms with E-state index in [-0.39, 0.29) is 5.56 Å². The highest BCUT2D eigenvalue weighted by Crippen LogP contribution is 2.18. The lowest BCUT2D eigenvalue weighted by Gasteiger charge is -2.24. The van der Waals surface area contributed by atoms with Gasteiger partial charge in [0, 0.05) is 13.1 Å². The molecular weight excluding hydrogens is 320 g/mol. The molecule has 0 radical (unpaired) electrons. The fraction of sp³-hybridized carbons (Fsp3) is 0.444. The van der Waals surface area contributed by atoms with Gasteiger partial charge < -0.3 is 10.6 Å². The van der Waals surface area contributed by atoms with Crippen molar-refractivity contribution < 1.29 is 0 Å². The minimum absolute atomic E-state index is 0.0889. The highest BCUT2D eigenvalue weighted by Gasteiger charge is 2.19. The van der Waals surface area contributed by atoms with Gasteiger partial charge in [-0.2, -0.15) is 0 Å². The van der Waals surface area contributed by atoms with Crippen LogP contribution >= 0.6 is 12.2 Å². The van der Waals surface area contributed by atoms with Crippen molar-refractivity contribution in [3.8, 4) is 5.69 Å². The number of aromatic nitrogens is 2. The van der Waals surface area contributed by atoms with Crippen LogP contribution in [0.3, 0.4) is 0 Å². The summed E-state index contributed by atoms with van der Waals surface area (Å²) in [5.41, 5.74) is 2.15. The van der Waals surface area contributed by atoms with Crippen molar-refractivity contribution in [1.29, 1.82) is 0 Å². The molecule has 0 atom stereocenters. The van der Waals surface area contributed by atoms with Crippen LogP contribution in [-0.4, -0.2) is 20.5 Å². The molecule has 1 fully saturated rings. The molecule has 3 rings (SSSR count). The lowest BCUT2D eigenvalue weighted by atomic mass is 9.96. The number of anilines is 1. The first-order valence-electron chi connectivity index (χ1n) is 8.49. The first kappa shape index (κ1) is 16.8. The molecule has 0 saturated heterocycles. The Morgan fingerprint density at radius 3 is 2.50 bits per heavy atom. The van der Waals surface area contributed by atoms with E-state index in [1.54, 1.807) is 4.68 Å². The summed E-state index contributed by atoms with van der Waals surface area (Å²) in [6.45, 7) is 1.92. The number of hydrogen-bond acceptors (Lipinski definition) is 2. The maximum atomic E-state index is 12.8. The predicted octanol–water partition coefficient (Wildman–Crippen LogP) is 3.10. The molecular formula is C18H24N4OS. The van der Waals surface area contributed by atoms with Gasteiger partial charge in [-0.3, -0.25) is 9.48 Å². The van der Waals surface area contributed by atoms with Gasteiger partial charge in [0.15, 0.2) is 5.11 Å². The summed E-state index contributed by atoms with van der Waals surface area (Å²) in [5.74, 6) is 0. The number of rotatable bonds is 3. The molecule has 1 aromatic carbocycles. The minimum atomic E-state index is -0.0889. The van der Waals surface area contributed by atoms with E-state index in [9.17, 15) is 4.79 Å². The Morgan fingerprint density at radius 1 is 1.17 bits per heavy atom. The van der Waals surface area contributed by atoms with Crippen LogP contribution in [-0.2, 0) is 7.05 Å². The van der Waals surface area contributed by atoms with Crippen molar-refractivity contribution in [2.24, 2.45) is 7.05 Å². The molecule has 1 aliphatic carbocycles. The van der Waals surface area contributed by atoms with Gasteiger partial charge in [0.05, 0.1) is 11.4 Å². The largest absolute Gasteiger partial charge is 0.360 e. The maximum absolute atomic E-state index is 12.8. The van der Waals surface area contributed by atoms with Crippen molar-refractivity contribution >= 4 is 23.0 Å². The third-order valence-corrected chi connectivity index (χ3v) is 4.95. The molecule has 0 aliphatic heterocycles. The van der Waals surface area contributed by atoms with E-state index in [0.717, 1.165) is 24.2 Å². The van der Waals surface area contributed by atoms with Gasteiger partial charge in [0.2, 0.25) is 0 Å². The van der Waals surface area contributed by atoms with Gasteiger partial charge in [-0.05, 0) is 44.1 Å². The van der Waals surface area contributed by atoms with Crippen LogP contribution in [0.1, 0.15) is 37.8 Å². The summed E-state index contributed by atoms with van der Waals surface area (Å²) in [6.07, 6.45) is 6.07. The fourth-order valence-electron chi connectivity index (χ4n) is 3.29. The summed E-state index contributed by atoms with van der Waals surface area (Å²) in [7, 11) is 1.88. The molecule has 2 aromatic rings. The highest BCUT2D eigenvalue weighted by atomic mass is 32.1. The Kier molecular flexibility index (Phi) is 5.04. The van der Waals surface area contributed by atoms with Crippen LogP contribution in [0.2, 0.25) is 0 Å². The number of nitrogens with one attached hydrogen (secondary N) is 2. The third kappa shape index (κ3) is 3.38. The summed E-state index contributed by atoms with van der Waals surface area (Å²) in [4.78, 5) is 12.8. The molecule has 2 N–H and O–H groups in total. The lowest BCUT2D eigenvalue weighted by Crippen LogP contribution is -2.39. The highest BCUT2D eigenvalue weighted by molar-refractivity contribution is 7.80. The summed E-state index contributed by atoms with van der Waals surface area (Å²) in [5, 5.41) is 7.01. The average molecular weight is 344 g/mol. The molecule has 24 heavy (non-hydrogen) atoms. The topological polar surface area (TPSA) is 51.0 Å². The van der Waals surface area contributed by atoms with E-state index in [2.05, 4.69) is 10.6 Å². The van der Waals surface area contributed by atoms with E-state index in [1.165, 1.54) is 19.3 Å². The number of nitrogens with zero attached hydrogens (tertiary/aromatic N) is 2. The SMILES string of the molecule is Cc1c(NC(=S)NC2CCCCC2)c(=O)n(-c2ccccc2)n1C. The van der Waals surface area contributed by atoms with Crippen molar-refractivity contribution in [2.75, 3.05) is 5.32 Å². The summed E-state index contributed by atoms with van der Waals surface area (Å²) >= 11 is 5.43. The van der Waals surface area contributed by atoms with Crippen molar-refractivity contribution in [3.63, 3.8) is 0 Å². The normalized spacial score (nSPS) is 15.2. The van der Waals surface area contributed by atoms with Crippen LogP contribution in [0.4, 0.5) is 5.69 Å². The second-order valence-electron chi connectivity index (χ2n) is 6.37. The smallest absolute Gasteiger partial charge is 0.295 e. The number of para-hydroxylation sites is 1. The second kappa shape index (κ2) is 7.21. The van der Waals surface area contributed by atoms with E-state index in [1.807, 2.05) is 49.0 Å².